The van der Waals surface area contributed by atoms with Crippen LogP contribution in [0.2, 0.25) is 0 Å². The minimum atomic E-state index is -0.822. The summed E-state index contributed by atoms with van der Waals surface area (Å²) >= 11 is 0. The van der Waals surface area contributed by atoms with Gasteiger partial charge in [0.15, 0.2) is 0 Å². The topological polar surface area (TPSA) is 55.8 Å². The van der Waals surface area contributed by atoms with Gasteiger partial charge in [-0.05, 0) is 99.6 Å². The molecule has 0 bridgehead atoms. The molecule has 0 amide bonds. The molecule has 166 valence electrons. The average molecular weight is 423 g/mol. The Hall–Kier alpha value is -2.49. The number of hydrogen-bond acceptors (Lipinski definition) is 3. The van der Waals surface area contributed by atoms with E-state index in [0.717, 1.165) is 66.7 Å². The molecule has 0 aromatic heterocycles. The Morgan fingerprint density at radius 3 is 2.32 bits per heavy atom. The molecule has 31 heavy (non-hydrogen) atoms. The van der Waals surface area contributed by atoms with Gasteiger partial charge in [0.05, 0.1) is 11.7 Å². The van der Waals surface area contributed by atoms with Gasteiger partial charge in [-0.1, -0.05) is 19.4 Å². The van der Waals surface area contributed by atoms with Crippen molar-refractivity contribution in [1.82, 2.24) is 0 Å². The molecule has 4 heteroatoms. The third kappa shape index (κ3) is 4.44. The molecule has 0 radical (unpaired) electrons. The molecule has 1 saturated carbocycles. The molecule has 4 rings (SSSR count). The van der Waals surface area contributed by atoms with Crippen LogP contribution in [0.25, 0.3) is 5.57 Å². The molecule has 3 aliphatic rings. The van der Waals surface area contributed by atoms with Crippen LogP contribution < -0.4 is 9.47 Å². The maximum absolute atomic E-state index is 12.3. The van der Waals surface area contributed by atoms with E-state index in [1.54, 1.807) is 0 Å². The van der Waals surface area contributed by atoms with Gasteiger partial charge in [-0.3, -0.25) is 0 Å². The molecule has 1 unspecified atom stereocenters. The number of fused-ring (bicyclic) bond motifs is 2. The number of carbonyl (C=O) groups is 1. The molecule has 4 nitrogen and oxygen atoms in total. The third-order valence-corrected chi connectivity index (χ3v) is 6.51. The number of aliphatic carboxylic acids is 1. The minimum Gasteiger partial charge on any atom is -0.491 e. The van der Waals surface area contributed by atoms with Gasteiger partial charge in [0.2, 0.25) is 0 Å². The van der Waals surface area contributed by atoms with Gasteiger partial charge < -0.3 is 14.6 Å². The van der Waals surface area contributed by atoms with E-state index in [1.165, 1.54) is 17.6 Å². The Balaban J connectivity index is 1.88. The lowest BCUT2D eigenvalue weighted by molar-refractivity contribution is -0.132. The highest BCUT2D eigenvalue weighted by Gasteiger charge is 2.32. The van der Waals surface area contributed by atoms with E-state index in [9.17, 15) is 9.90 Å². The predicted octanol–water partition coefficient (Wildman–Crippen LogP) is 6.71. The number of carboxylic acids is 1. The summed E-state index contributed by atoms with van der Waals surface area (Å²) in [6, 6.07) is 6.07. The van der Waals surface area contributed by atoms with Crippen molar-refractivity contribution in [3.63, 3.8) is 0 Å². The van der Waals surface area contributed by atoms with Crippen molar-refractivity contribution in [2.75, 3.05) is 0 Å². The average Bonchev–Trinajstić information content (AvgIpc) is 2.74. The zero-order valence-electron chi connectivity index (χ0n) is 19.2. The van der Waals surface area contributed by atoms with Gasteiger partial charge in [0.25, 0.3) is 0 Å². The molecule has 1 atom stereocenters. The van der Waals surface area contributed by atoms with Crippen molar-refractivity contribution >= 4 is 11.5 Å². The normalized spacial score (nSPS) is 21.4. The highest BCUT2D eigenvalue weighted by Crippen LogP contribution is 2.45. The van der Waals surface area contributed by atoms with Gasteiger partial charge in [-0.25, -0.2) is 4.79 Å². The van der Waals surface area contributed by atoms with E-state index in [2.05, 4.69) is 19.9 Å². The highest BCUT2D eigenvalue weighted by molar-refractivity contribution is 5.94. The molecule has 1 aromatic carbocycles. The summed E-state index contributed by atoms with van der Waals surface area (Å²) in [5.74, 6) is 1.05. The fourth-order valence-electron chi connectivity index (χ4n) is 4.86. The first-order valence-electron chi connectivity index (χ1n) is 11.7. The summed E-state index contributed by atoms with van der Waals surface area (Å²) in [6.07, 6.45) is 8.97. The summed E-state index contributed by atoms with van der Waals surface area (Å²) in [4.78, 5) is 12.3. The Kier molecular flexibility index (Phi) is 6.27. The second-order valence-electron chi connectivity index (χ2n) is 9.55. The van der Waals surface area contributed by atoms with Gasteiger partial charge in [-0.2, -0.15) is 0 Å². The van der Waals surface area contributed by atoms with Crippen molar-refractivity contribution in [2.24, 2.45) is 5.92 Å². The van der Waals surface area contributed by atoms with Crippen LogP contribution in [-0.2, 0) is 4.79 Å². The van der Waals surface area contributed by atoms with Crippen LogP contribution in [0.4, 0.5) is 0 Å². The van der Waals surface area contributed by atoms with Gasteiger partial charge in [0, 0.05) is 11.6 Å². The number of rotatable bonds is 4. The van der Waals surface area contributed by atoms with Gasteiger partial charge in [0.1, 0.15) is 17.6 Å². The fraction of sp³-hybridized carbons (Fsp3) is 0.519. The summed E-state index contributed by atoms with van der Waals surface area (Å²) in [5, 5.41) is 10.1. The largest absolute Gasteiger partial charge is 0.491 e. The van der Waals surface area contributed by atoms with E-state index < -0.39 is 5.97 Å². The molecule has 1 N–H and O–H groups in total. The van der Waals surface area contributed by atoms with Crippen molar-refractivity contribution in [2.45, 2.75) is 84.8 Å². The van der Waals surface area contributed by atoms with E-state index in [1.807, 2.05) is 32.1 Å². The van der Waals surface area contributed by atoms with Crippen molar-refractivity contribution in [1.29, 1.82) is 0 Å². The van der Waals surface area contributed by atoms with E-state index >= 15 is 0 Å². The first-order chi connectivity index (χ1) is 14.8. The van der Waals surface area contributed by atoms with Crippen molar-refractivity contribution < 1.29 is 19.4 Å². The van der Waals surface area contributed by atoms with Crippen LogP contribution in [0.5, 0.6) is 11.5 Å². The number of allylic oxidation sites excluding steroid dienone is 2. The zero-order chi connectivity index (χ0) is 22.1. The summed E-state index contributed by atoms with van der Waals surface area (Å²) in [5.41, 5.74) is 6.23. The lowest BCUT2D eigenvalue weighted by Crippen LogP contribution is -2.29. The number of carboxylic acid groups (broad SMARTS) is 1. The van der Waals surface area contributed by atoms with Crippen LogP contribution in [0.15, 0.2) is 46.6 Å². The van der Waals surface area contributed by atoms with Crippen molar-refractivity contribution in [3.05, 3.63) is 52.1 Å². The van der Waals surface area contributed by atoms with Gasteiger partial charge >= 0.3 is 5.97 Å². The second kappa shape index (κ2) is 8.94. The zero-order valence-corrected chi connectivity index (χ0v) is 19.2. The third-order valence-electron chi connectivity index (χ3n) is 6.51. The van der Waals surface area contributed by atoms with E-state index in [4.69, 9.17) is 9.47 Å². The highest BCUT2D eigenvalue weighted by atomic mass is 16.5. The summed E-state index contributed by atoms with van der Waals surface area (Å²) in [6.45, 7) is 8.31. The maximum atomic E-state index is 12.3. The fourth-order valence-corrected chi connectivity index (χ4v) is 4.86. The minimum absolute atomic E-state index is 0.0984. The smallest absolute Gasteiger partial charge is 0.335 e. The quantitative estimate of drug-likeness (QED) is 0.586. The molecular formula is C27H34O4. The number of benzene rings is 1. The summed E-state index contributed by atoms with van der Waals surface area (Å²) in [7, 11) is 0. The molecule has 1 aromatic rings. The Labute approximate surface area is 185 Å². The maximum Gasteiger partial charge on any atom is 0.335 e. The van der Waals surface area contributed by atoms with Crippen LogP contribution in [0, 0.1) is 5.92 Å². The first-order valence-corrected chi connectivity index (χ1v) is 11.7. The summed E-state index contributed by atoms with van der Waals surface area (Å²) < 4.78 is 12.4. The lowest BCUT2D eigenvalue weighted by Gasteiger charge is -2.33. The molecule has 1 heterocycles. The van der Waals surface area contributed by atoms with E-state index in [0.29, 0.717) is 5.57 Å². The number of hydrogen-bond donors (Lipinski definition) is 1. The van der Waals surface area contributed by atoms with Crippen LogP contribution >= 0.6 is 0 Å². The Morgan fingerprint density at radius 1 is 1.03 bits per heavy atom. The van der Waals surface area contributed by atoms with Crippen molar-refractivity contribution in [3.8, 4) is 11.5 Å². The lowest BCUT2D eigenvalue weighted by atomic mass is 9.82. The SMILES string of the molecule is CC(C)Oc1ccc2c(c1)OC(C(C)C)C1=C2CCCCC(=C2CCC2)C(C(=O)O)=C1. The molecule has 0 saturated heterocycles. The predicted molar refractivity (Wildman–Crippen MR) is 123 cm³/mol. The first kappa shape index (κ1) is 21.7. The molecule has 2 aliphatic carbocycles. The Morgan fingerprint density at radius 2 is 1.74 bits per heavy atom. The van der Waals surface area contributed by atoms with Crippen LogP contribution in [0.1, 0.15) is 78.2 Å². The van der Waals surface area contributed by atoms with E-state index in [-0.39, 0.29) is 18.1 Å². The molecular weight excluding hydrogens is 388 g/mol. The number of ether oxygens (including phenoxy) is 2. The van der Waals surface area contributed by atoms with Crippen LogP contribution in [0.3, 0.4) is 0 Å². The standard InChI is InChI=1S/C27H34O4/c1-16(2)26-23-15-24(27(28)29)20(18-8-7-9-18)10-5-6-11-21(23)22-13-12-19(30-17(3)4)14-25(22)31-26/h12-17,26H,5-11H2,1-4H3,(H,28,29). The molecule has 1 fully saturated rings. The monoisotopic (exact) mass is 422 g/mol. The van der Waals surface area contributed by atoms with Gasteiger partial charge in [-0.15, -0.1) is 0 Å². The molecule has 0 spiro atoms. The van der Waals surface area contributed by atoms with Crippen LogP contribution in [-0.4, -0.2) is 23.3 Å². The molecule has 1 aliphatic heterocycles. The second-order valence-corrected chi connectivity index (χ2v) is 9.55. The Bertz CT molecular complexity index is 955.